The quantitative estimate of drug-likeness (QED) is 0.610. The molecule has 4 rings (SSSR count). The Balaban J connectivity index is 1.60. The fourth-order valence-corrected chi connectivity index (χ4v) is 6.10. The average molecular weight is 415 g/mol. The van der Waals surface area contributed by atoms with E-state index >= 15 is 0 Å². The molecule has 0 radical (unpaired) electrons. The minimum Gasteiger partial charge on any atom is -0.267 e. The van der Waals surface area contributed by atoms with Crippen molar-refractivity contribution >= 4 is 32.9 Å². The standard InChI is InChI=1S/C21H23N3O2S2/c1-2-24(17-8-4-3-5-9-17)28(25,26)18-12-13-21(22-16-18)23-14-6-10-19(23)20-11-7-15-27-20/h3-5,7-9,11-13,15-16,19H,2,6,10,14H2,1H3/p+1/t19-/m1/s1. The fraction of sp³-hybridized carbons (Fsp3) is 0.286. The minimum atomic E-state index is -3.62. The van der Waals surface area contributed by atoms with Crippen molar-refractivity contribution in [1.82, 2.24) is 0 Å². The largest absolute Gasteiger partial charge is 0.274 e. The smallest absolute Gasteiger partial charge is 0.267 e. The number of sulfonamides is 1. The van der Waals surface area contributed by atoms with Gasteiger partial charge in [0, 0.05) is 17.5 Å². The highest BCUT2D eigenvalue weighted by atomic mass is 32.2. The number of benzene rings is 1. The number of hydrogen-bond donors (Lipinski definition) is 0. The normalized spacial score (nSPS) is 17.0. The Hall–Kier alpha value is -2.38. The highest BCUT2D eigenvalue weighted by molar-refractivity contribution is 7.92. The summed E-state index contributed by atoms with van der Waals surface area (Å²) in [6, 6.07) is 17.4. The molecular formula is C21H24N3O2S2+. The van der Waals surface area contributed by atoms with Crippen LogP contribution in [0.15, 0.2) is 71.1 Å². The predicted molar refractivity (Wildman–Crippen MR) is 113 cm³/mol. The summed E-state index contributed by atoms with van der Waals surface area (Å²) >= 11 is 1.77. The molecule has 1 saturated heterocycles. The Kier molecular flexibility index (Phi) is 5.37. The van der Waals surface area contributed by atoms with Crippen molar-refractivity contribution in [3.05, 3.63) is 71.1 Å². The first-order valence-corrected chi connectivity index (χ1v) is 11.8. The molecule has 0 saturated carbocycles. The summed E-state index contributed by atoms with van der Waals surface area (Å²) in [5, 5.41) is 2.11. The summed E-state index contributed by atoms with van der Waals surface area (Å²) in [5.74, 6) is 0.956. The number of pyridine rings is 1. The molecule has 1 N–H and O–H groups in total. The lowest BCUT2D eigenvalue weighted by molar-refractivity contribution is -0.367. The lowest BCUT2D eigenvalue weighted by Gasteiger charge is -2.23. The number of para-hydroxylation sites is 1. The molecule has 0 spiro atoms. The molecule has 7 heteroatoms. The molecule has 3 aromatic rings. The summed E-state index contributed by atoms with van der Waals surface area (Å²) in [6.45, 7) is 3.19. The van der Waals surface area contributed by atoms with Crippen LogP contribution in [0.2, 0.25) is 0 Å². The van der Waals surface area contributed by atoms with Crippen LogP contribution in [0.3, 0.4) is 0 Å². The summed E-state index contributed by atoms with van der Waals surface area (Å²) < 4.78 is 27.7. The van der Waals surface area contributed by atoms with Crippen LogP contribution in [-0.4, -0.2) is 21.5 Å². The van der Waals surface area contributed by atoms with Crippen molar-refractivity contribution in [2.45, 2.75) is 30.7 Å². The van der Waals surface area contributed by atoms with Gasteiger partial charge in [0.25, 0.3) is 15.8 Å². The van der Waals surface area contributed by atoms with Crippen LogP contribution in [0.25, 0.3) is 0 Å². The first-order chi connectivity index (χ1) is 13.6. The monoisotopic (exact) mass is 414 g/mol. The van der Waals surface area contributed by atoms with E-state index in [1.54, 1.807) is 23.6 Å². The molecule has 146 valence electrons. The summed E-state index contributed by atoms with van der Waals surface area (Å²) in [5.41, 5.74) is 0.673. The van der Waals surface area contributed by atoms with Crippen LogP contribution in [0.4, 0.5) is 11.5 Å². The van der Waals surface area contributed by atoms with E-state index in [1.165, 1.54) is 9.18 Å². The molecule has 0 aliphatic carbocycles. The van der Waals surface area contributed by atoms with Gasteiger partial charge in [0.05, 0.1) is 12.2 Å². The summed E-state index contributed by atoms with van der Waals surface area (Å²) in [6.07, 6.45) is 3.86. The van der Waals surface area contributed by atoms with E-state index < -0.39 is 10.0 Å². The van der Waals surface area contributed by atoms with Gasteiger partial charge in [-0.1, -0.05) is 24.3 Å². The van der Waals surface area contributed by atoms with Gasteiger partial charge in [0.15, 0.2) is 0 Å². The number of hydrogen-bond acceptors (Lipinski definition) is 4. The molecule has 2 aromatic heterocycles. The van der Waals surface area contributed by atoms with Gasteiger partial charge in [0.2, 0.25) is 0 Å². The number of thiophene rings is 1. The Bertz CT molecular complexity index is 1000. The van der Waals surface area contributed by atoms with Crippen molar-refractivity contribution in [3.63, 3.8) is 0 Å². The molecule has 0 bridgehead atoms. The van der Waals surface area contributed by atoms with E-state index in [-0.39, 0.29) is 4.90 Å². The van der Waals surface area contributed by atoms with Gasteiger partial charge in [-0.3, -0.25) is 9.21 Å². The molecule has 0 unspecified atom stereocenters. The number of H-pyrrole nitrogens is 1. The number of aromatic amines is 1. The maximum Gasteiger partial charge on any atom is 0.274 e. The first-order valence-electron chi connectivity index (χ1n) is 9.51. The van der Waals surface area contributed by atoms with Crippen molar-refractivity contribution in [2.75, 3.05) is 22.3 Å². The van der Waals surface area contributed by atoms with E-state index in [0.717, 1.165) is 25.2 Å². The Labute approximate surface area is 170 Å². The molecule has 5 nitrogen and oxygen atoms in total. The van der Waals surface area contributed by atoms with E-state index in [4.69, 9.17) is 0 Å². The number of anilines is 2. The molecule has 1 atom stereocenters. The van der Waals surface area contributed by atoms with E-state index in [2.05, 4.69) is 27.4 Å². The topological polar surface area (TPSA) is 54.8 Å². The number of nitrogens with one attached hydrogen (secondary N) is 1. The molecule has 1 aliphatic rings. The third-order valence-corrected chi connectivity index (χ3v) is 7.99. The molecule has 28 heavy (non-hydrogen) atoms. The van der Waals surface area contributed by atoms with Gasteiger partial charge in [-0.2, -0.15) is 0 Å². The fourth-order valence-electron chi connectivity index (χ4n) is 3.79. The zero-order valence-corrected chi connectivity index (χ0v) is 17.4. The van der Waals surface area contributed by atoms with Crippen LogP contribution < -0.4 is 14.2 Å². The Morgan fingerprint density at radius 1 is 1.14 bits per heavy atom. The van der Waals surface area contributed by atoms with Crippen LogP contribution in [0.5, 0.6) is 0 Å². The molecule has 1 fully saturated rings. The molecule has 1 aliphatic heterocycles. The zero-order chi connectivity index (χ0) is 19.6. The summed E-state index contributed by atoms with van der Waals surface area (Å²) in [7, 11) is -3.62. The van der Waals surface area contributed by atoms with Crippen LogP contribution in [0, 0.1) is 0 Å². The van der Waals surface area contributed by atoms with Gasteiger partial charge in [-0.25, -0.2) is 13.4 Å². The highest BCUT2D eigenvalue weighted by Crippen LogP contribution is 2.36. The minimum absolute atomic E-state index is 0.272. The van der Waals surface area contributed by atoms with Gasteiger partial charge in [-0.15, -0.1) is 11.3 Å². The van der Waals surface area contributed by atoms with Crippen molar-refractivity contribution < 1.29 is 13.4 Å². The summed E-state index contributed by atoms with van der Waals surface area (Å²) in [4.78, 5) is 7.19. The van der Waals surface area contributed by atoms with Crippen LogP contribution in [-0.2, 0) is 10.0 Å². The van der Waals surface area contributed by atoms with Gasteiger partial charge in [0.1, 0.15) is 17.1 Å². The SMILES string of the molecule is CCN(c1ccccc1)S(=O)(=O)c1ccc(N2CCC[C@@H]2c2cccs2)[nH+]c1. The van der Waals surface area contributed by atoms with Gasteiger partial charge >= 0.3 is 0 Å². The van der Waals surface area contributed by atoms with Crippen molar-refractivity contribution in [3.8, 4) is 0 Å². The van der Waals surface area contributed by atoms with Crippen molar-refractivity contribution in [1.29, 1.82) is 0 Å². The second-order valence-electron chi connectivity index (χ2n) is 6.78. The third-order valence-electron chi connectivity index (χ3n) is 5.12. The maximum absolute atomic E-state index is 13.1. The second kappa shape index (κ2) is 7.93. The second-order valence-corrected chi connectivity index (χ2v) is 9.62. The highest BCUT2D eigenvalue weighted by Gasteiger charge is 2.34. The molecule has 3 heterocycles. The van der Waals surface area contributed by atoms with E-state index in [9.17, 15) is 8.42 Å². The lowest BCUT2D eigenvalue weighted by atomic mass is 10.2. The molecule has 1 aromatic carbocycles. The van der Waals surface area contributed by atoms with Gasteiger partial charge < -0.3 is 0 Å². The number of nitrogens with zero attached hydrogens (tertiary/aromatic N) is 2. The Morgan fingerprint density at radius 3 is 2.61 bits per heavy atom. The first kappa shape index (κ1) is 19.0. The molecular weight excluding hydrogens is 390 g/mol. The predicted octanol–water partition coefficient (Wildman–Crippen LogP) is 4.12. The average Bonchev–Trinajstić information content (AvgIpc) is 3.41. The van der Waals surface area contributed by atoms with Crippen molar-refractivity contribution in [2.24, 2.45) is 0 Å². The van der Waals surface area contributed by atoms with Crippen LogP contribution in [0.1, 0.15) is 30.7 Å². The number of rotatable bonds is 6. The zero-order valence-electron chi connectivity index (χ0n) is 15.8. The third kappa shape index (κ3) is 3.52. The Morgan fingerprint density at radius 2 is 1.96 bits per heavy atom. The molecule has 0 amide bonds. The maximum atomic E-state index is 13.1. The lowest BCUT2D eigenvalue weighted by Crippen LogP contribution is -2.33. The van der Waals surface area contributed by atoms with Crippen LogP contribution >= 0.6 is 11.3 Å². The van der Waals surface area contributed by atoms with E-state index in [0.29, 0.717) is 18.3 Å². The number of aromatic nitrogens is 1. The van der Waals surface area contributed by atoms with Gasteiger partial charge in [-0.05, 0) is 49.4 Å². The van der Waals surface area contributed by atoms with E-state index in [1.807, 2.05) is 43.3 Å².